The lowest BCUT2D eigenvalue weighted by Crippen LogP contribution is -2.30. The first-order chi connectivity index (χ1) is 19.2. The normalized spacial score (nSPS) is 10.7. The van der Waals surface area contributed by atoms with Crippen molar-refractivity contribution in [1.82, 2.24) is 9.99 Å². The highest BCUT2D eigenvalue weighted by molar-refractivity contribution is 9.10. The lowest BCUT2D eigenvalue weighted by atomic mass is 9.95. The minimum atomic E-state index is -0.802. The number of fused-ring (bicyclic) bond motifs is 1. The van der Waals surface area contributed by atoms with Crippen molar-refractivity contribution in [2.24, 2.45) is 5.84 Å². The van der Waals surface area contributed by atoms with Gasteiger partial charge in [0.15, 0.2) is 23.0 Å². The first-order valence-corrected chi connectivity index (χ1v) is 12.5. The minimum Gasteiger partial charge on any atom is -0.493 e. The van der Waals surface area contributed by atoms with Crippen molar-refractivity contribution in [3.05, 3.63) is 74.6 Å². The molecule has 1 amide bonds. The first kappa shape index (κ1) is 28.5. The Morgan fingerprint density at radius 1 is 0.850 bits per heavy atom. The summed E-state index contributed by atoms with van der Waals surface area (Å²) >= 11 is 3.51. The van der Waals surface area contributed by atoms with Crippen LogP contribution in [-0.2, 0) is 4.74 Å². The highest BCUT2D eigenvalue weighted by Gasteiger charge is 2.28. The summed E-state index contributed by atoms with van der Waals surface area (Å²) in [4.78, 5) is 40.0. The summed E-state index contributed by atoms with van der Waals surface area (Å²) in [7, 11) is 7.11. The van der Waals surface area contributed by atoms with Crippen LogP contribution in [-0.4, -0.2) is 52.0 Å². The Hall–Kier alpha value is -4.55. The summed E-state index contributed by atoms with van der Waals surface area (Å²) < 4.78 is 28.9. The molecule has 0 bridgehead atoms. The molecule has 3 N–H and O–H groups in total. The van der Waals surface area contributed by atoms with E-state index in [2.05, 4.69) is 21.4 Å². The Labute approximate surface area is 237 Å². The van der Waals surface area contributed by atoms with Gasteiger partial charge >= 0.3 is 5.97 Å². The van der Waals surface area contributed by atoms with Gasteiger partial charge < -0.3 is 23.7 Å². The number of esters is 1. The summed E-state index contributed by atoms with van der Waals surface area (Å²) in [6, 6.07) is 12.7. The van der Waals surface area contributed by atoms with E-state index in [4.69, 9.17) is 29.5 Å². The van der Waals surface area contributed by atoms with Crippen molar-refractivity contribution >= 4 is 38.6 Å². The molecule has 0 atom stereocenters. The van der Waals surface area contributed by atoms with Gasteiger partial charge in [-0.1, -0.05) is 6.07 Å². The molecule has 1 aromatic heterocycles. The van der Waals surface area contributed by atoms with Gasteiger partial charge in [-0.15, -0.1) is 0 Å². The molecule has 4 aromatic rings. The number of methoxy groups -OCH3 is 5. The molecule has 0 saturated carbocycles. The third kappa shape index (κ3) is 4.82. The highest BCUT2D eigenvalue weighted by Crippen LogP contribution is 2.44. The number of carbonyl (C=O) groups is 2. The van der Waals surface area contributed by atoms with Crippen molar-refractivity contribution in [3.8, 4) is 39.8 Å². The number of amides is 1. The predicted octanol–water partition coefficient (Wildman–Crippen LogP) is 3.84. The van der Waals surface area contributed by atoms with Crippen LogP contribution in [0.15, 0.2) is 57.8 Å². The van der Waals surface area contributed by atoms with Crippen molar-refractivity contribution < 1.29 is 33.3 Å². The van der Waals surface area contributed by atoms with Crippen LogP contribution in [0.5, 0.6) is 23.0 Å². The highest BCUT2D eigenvalue weighted by atomic mass is 79.9. The summed E-state index contributed by atoms with van der Waals surface area (Å²) in [5.41, 5.74) is 2.62. The molecule has 0 unspecified atom stereocenters. The first-order valence-electron chi connectivity index (χ1n) is 11.7. The number of hydrogen-bond donors (Lipinski definition) is 2. The van der Waals surface area contributed by atoms with E-state index in [9.17, 15) is 14.4 Å². The molecule has 0 saturated heterocycles. The molecule has 4 rings (SSSR count). The van der Waals surface area contributed by atoms with Crippen LogP contribution in [0.25, 0.3) is 27.6 Å². The van der Waals surface area contributed by atoms with Crippen LogP contribution in [0.4, 0.5) is 0 Å². The van der Waals surface area contributed by atoms with Crippen LogP contribution in [0.3, 0.4) is 0 Å². The smallest absolute Gasteiger partial charge is 0.355 e. The number of rotatable bonds is 8. The topological polar surface area (TPSA) is 140 Å². The standard InChI is InChI=1S/C28H26BrN3O8/c1-36-20-12-17-18(13-21(20)37-2)27(34)32(16-8-6-7-14(9-16)26(33)31-30)24(28(35)40-5)23(17)15-10-19(29)25(39-4)22(11-15)38-3/h6-13H,30H2,1-5H3,(H,31,33). The fourth-order valence-electron chi connectivity index (χ4n) is 4.48. The average molecular weight is 612 g/mol. The Morgan fingerprint density at radius 2 is 1.50 bits per heavy atom. The number of nitrogens with two attached hydrogens (primary N) is 1. The number of nitrogens with one attached hydrogen (secondary N) is 1. The van der Waals surface area contributed by atoms with Gasteiger partial charge in [0.2, 0.25) is 0 Å². The maximum Gasteiger partial charge on any atom is 0.355 e. The van der Waals surface area contributed by atoms with E-state index >= 15 is 0 Å². The van der Waals surface area contributed by atoms with Crippen LogP contribution in [0.2, 0.25) is 0 Å². The third-order valence-corrected chi connectivity index (χ3v) is 6.87. The average Bonchev–Trinajstić information content (AvgIpc) is 2.98. The van der Waals surface area contributed by atoms with E-state index < -0.39 is 17.4 Å². The van der Waals surface area contributed by atoms with Crippen molar-refractivity contribution in [2.45, 2.75) is 0 Å². The van der Waals surface area contributed by atoms with E-state index in [0.717, 1.165) is 0 Å². The van der Waals surface area contributed by atoms with Crippen LogP contribution < -0.4 is 35.8 Å². The van der Waals surface area contributed by atoms with Gasteiger partial charge in [0.1, 0.15) is 5.69 Å². The summed E-state index contributed by atoms with van der Waals surface area (Å²) in [5, 5.41) is 0.592. The number of benzene rings is 3. The fraction of sp³-hybridized carbons (Fsp3) is 0.179. The zero-order valence-electron chi connectivity index (χ0n) is 22.3. The minimum absolute atomic E-state index is 0.100. The van der Waals surface area contributed by atoms with Gasteiger partial charge in [-0.05, 0) is 64.0 Å². The molecular formula is C28H26BrN3O8. The predicted molar refractivity (Wildman–Crippen MR) is 152 cm³/mol. The summed E-state index contributed by atoms with van der Waals surface area (Å²) in [6.07, 6.45) is 0. The fourth-order valence-corrected chi connectivity index (χ4v) is 5.09. The van der Waals surface area contributed by atoms with E-state index in [-0.39, 0.29) is 22.3 Å². The molecule has 3 aromatic carbocycles. The molecule has 12 heteroatoms. The SMILES string of the molecule is COC(=O)c1c(-c2cc(Br)c(OC)c(OC)c2)c2cc(OC)c(OC)cc2c(=O)n1-c1cccc(C(=O)NN)c1. The number of halogens is 1. The van der Waals surface area contributed by atoms with Crippen LogP contribution in [0.1, 0.15) is 20.8 Å². The van der Waals surface area contributed by atoms with Crippen molar-refractivity contribution in [2.75, 3.05) is 35.5 Å². The van der Waals surface area contributed by atoms with E-state index in [1.54, 1.807) is 30.3 Å². The molecule has 0 radical (unpaired) electrons. The number of nitrogen functional groups attached to an aromatic ring is 1. The molecular weight excluding hydrogens is 586 g/mol. The molecule has 0 aliphatic rings. The Kier molecular flexibility index (Phi) is 8.31. The lowest BCUT2D eigenvalue weighted by Gasteiger charge is -2.21. The molecule has 40 heavy (non-hydrogen) atoms. The molecule has 0 aliphatic heterocycles. The second-order valence-corrected chi connectivity index (χ2v) is 9.18. The zero-order chi connectivity index (χ0) is 29.1. The second-order valence-electron chi connectivity index (χ2n) is 8.33. The van der Waals surface area contributed by atoms with Gasteiger partial charge in [0, 0.05) is 16.5 Å². The third-order valence-electron chi connectivity index (χ3n) is 6.29. The molecule has 0 fully saturated rings. The number of hydrogen-bond acceptors (Lipinski definition) is 9. The molecule has 0 aliphatic carbocycles. The Bertz CT molecular complexity index is 1700. The van der Waals surface area contributed by atoms with Crippen LogP contribution >= 0.6 is 15.9 Å². The number of aromatic nitrogens is 1. The van der Waals surface area contributed by atoms with Crippen molar-refractivity contribution in [1.29, 1.82) is 0 Å². The quantitative estimate of drug-likeness (QED) is 0.131. The van der Waals surface area contributed by atoms with E-state index in [0.29, 0.717) is 44.0 Å². The zero-order valence-corrected chi connectivity index (χ0v) is 23.9. The van der Waals surface area contributed by atoms with E-state index in [1.807, 2.05) is 0 Å². The largest absolute Gasteiger partial charge is 0.493 e. The Morgan fingerprint density at radius 3 is 2.08 bits per heavy atom. The maximum atomic E-state index is 14.1. The second kappa shape index (κ2) is 11.7. The van der Waals surface area contributed by atoms with Crippen LogP contribution in [0, 0.1) is 0 Å². The molecule has 11 nitrogen and oxygen atoms in total. The monoisotopic (exact) mass is 611 g/mol. The van der Waals surface area contributed by atoms with Gasteiger partial charge in [-0.25, -0.2) is 10.6 Å². The Balaban J connectivity index is 2.28. The molecule has 1 heterocycles. The maximum absolute atomic E-state index is 14.1. The van der Waals surface area contributed by atoms with Crippen molar-refractivity contribution in [3.63, 3.8) is 0 Å². The number of pyridine rings is 1. The molecule has 0 spiro atoms. The number of hydrazine groups is 1. The summed E-state index contributed by atoms with van der Waals surface area (Å²) in [6.45, 7) is 0. The number of carbonyl (C=O) groups excluding carboxylic acids is 2. The number of ether oxygens (including phenoxy) is 5. The molecule has 208 valence electrons. The number of nitrogens with zero attached hydrogens (tertiary/aromatic N) is 1. The van der Waals surface area contributed by atoms with E-state index in [1.165, 1.54) is 58.3 Å². The van der Waals surface area contributed by atoms with Gasteiger partial charge in [-0.2, -0.15) is 0 Å². The van der Waals surface area contributed by atoms with Gasteiger partial charge in [-0.3, -0.25) is 19.6 Å². The summed E-state index contributed by atoms with van der Waals surface area (Å²) in [5.74, 6) is 5.39. The lowest BCUT2D eigenvalue weighted by molar-refractivity contribution is 0.0591. The van der Waals surface area contributed by atoms with Gasteiger partial charge in [0.05, 0.1) is 51.1 Å². The van der Waals surface area contributed by atoms with Gasteiger partial charge in [0.25, 0.3) is 11.5 Å².